The lowest BCUT2D eigenvalue weighted by Crippen LogP contribution is -2.55. The van der Waals surface area contributed by atoms with Crippen molar-refractivity contribution in [2.75, 3.05) is 19.6 Å². The zero-order chi connectivity index (χ0) is 26.5. The van der Waals surface area contributed by atoms with Crippen LogP contribution in [0.25, 0.3) is 16.6 Å². The van der Waals surface area contributed by atoms with Crippen molar-refractivity contribution < 1.29 is 8.78 Å². The maximum atomic E-state index is 14.2. The Morgan fingerprint density at radius 3 is 2.58 bits per heavy atom. The second-order valence-corrected chi connectivity index (χ2v) is 11.5. The Labute approximate surface area is 221 Å². The number of hydrazine groups is 1. The van der Waals surface area contributed by atoms with Gasteiger partial charge in [0.1, 0.15) is 5.52 Å². The molecule has 2 saturated carbocycles. The summed E-state index contributed by atoms with van der Waals surface area (Å²) in [5.41, 5.74) is 8.82. The number of piperidine rings is 1. The fourth-order valence-electron chi connectivity index (χ4n) is 6.49. The van der Waals surface area contributed by atoms with Gasteiger partial charge in [0.05, 0.1) is 0 Å². The van der Waals surface area contributed by atoms with Crippen LogP contribution in [0.4, 0.5) is 8.78 Å². The van der Waals surface area contributed by atoms with E-state index >= 15 is 0 Å². The molecule has 0 spiro atoms. The van der Waals surface area contributed by atoms with Crippen LogP contribution in [-0.4, -0.2) is 45.0 Å². The van der Waals surface area contributed by atoms with Gasteiger partial charge < -0.3 is 15.7 Å². The zero-order valence-corrected chi connectivity index (χ0v) is 21.6. The Morgan fingerprint density at radius 2 is 1.89 bits per heavy atom. The summed E-state index contributed by atoms with van der Waals surface area (Å²) in [5, 5.41) is 2.37. The van der Waals surface area contributed by atoms with Gasteiger partial charge in [-0.25, -0.2) is 14.6 Å². The first-order chi connectivity index (χ1) is 18.3. The minimum absolute atomic E-state index is 0.119. The molecule has 3 fully saturated rings. The largest absolute Gasteiger partial charge is 0.403 e. The summed E-state index contributed by atoms with van der Waals surface area (Å²) in [4.78, 5) is 19.7. The molecule has 1 aromatic carbocycles. The molecule has 5 N–H and O–H groups in total. The number of hydrogen-bond donors (Lipinski definition) is 3. The highest BCUT2D eigenvalue weighted by Gasteiger charge is 2.57. The van der Waals surface area contributed by atoms with E-state index in [0.717, 1.165) is 49.1 Å². The summed E-state index contributed by atoms with van der Waals surface area (Å²) < 4.78 is 30.0. The average Bonchev–Trinajstić information content (AvgIpc) is 3.63. The Kier molecular flexibility index (Phi) is 6.31. The number of pyridine rings is 1. The highest BCUT2D eigenvalue weighted by Crippen LogP contribution is 2.54. The van der Waals surface area contributed by atoms with Gasteiger partial charge in [0.15, 0.2) is 0 Å². The molecule has 0 atom stereocenters. The molecule has 3 heterocycles. The summed E-state index contributed by atoms with van der Waals surface area (Å²) in [6.45, 7) is 3.20. The number of nitrogens with two attached hydrogens (primary N) is 2. The first-order valence-corrected chi connectivity index (χ1v) is 13.6. The molecule has 202 valence electrons. The normalized spacial score (nSPS) is 21.1. The van der Waals surface area contributed by atoms with Gasteiger partial charge in [-0.15, -0.1) is 0 Å². The van der Waals surface area contributed by atoms with Gasteiger partial charge >= 0.3 is 0 Å². The number of halogens is 2. The molecule has 2 aromatic heterocycles. The minimum atomic E-state index is -2.74. The van der Waals surface area contributed by atoms with Crippen molar-refractivity contribution in [3.8, 4) is 5.69 Å². The predicted octanol–water partition coefficient (Wildman–Crippen LogP) is 4.45. The molecular formula is C29H36F2N6O. The molecule has 0 bridgehead atoms. The summed E-state index contributed by atoms with van der Waals surface area (Å²) in [6, 6.07) is 9.60. The number of aromatic nitrogens is 2. The molecule has 7 nitrogen and oxygen atoms in total. The van der Waals surface area contributed by atoms with Crippen molar-refractivity contribution in [1.82, 2.24) is 19.5 Å². The molecule has 3 aliphatic rings. The number of fused-ring (bicyclic) bond motifs is 1. The summed E-state index contributed by atoms with van der Waals surface area (Å²) in [5.74, 6) is 3.73. The van der Waals surface area contributed by atoms with Crippen LogP contribution in [0.5, 0.6) is 0 Å². The van der Waals surface area contributed by atoms with Gasteiger partial charge in [-0.1, -0.05) is 18.6 Å². The van der Waals surface area contributed by atoms with E-state index in [-0.39, 0.29) is 24.9 Å². The third kappa shape index (κ3) is 4.73. The SMILES string of the molecule is N/C=C\N(N)CC1(c2cccc(-n3cc(C4CC4)c4cc(CN5CCCCC5)[nH]c4c3=O)c2)CC(F)(F)C1. The maximum Gasteiger partial charge on any atom is 0.279 e. The number of H-pyrrole nitrogens is 1. The van der Waals surface area contributed by atoms with Crippen LogP contribution in [0, 0.1) is 0 Å². The first kappa shape index (κ1) is 25.1. The first-order valence-electron chi connectivity index (χ1n) is 13.6. The Morgan fingerprint density at radius 1 is 1.13 bits per heavy atom. The molecule has 1 aliphatic heterocycles. The molecule has 38 heavy (non-hydrogen) atoms. The van der Waals surface area contributed by atoms with Gasteiger partial charge in [0.2, 0.25) is 5.92 Å². The predicted molar refractivity (Wildman–Crippen MR) is 145 cm³/mol. The van der Waals surface area contributed by atoms with E-state index in [1.54, 1.807) is 4.57 Å². The van der Waals surface area contributed by atoms with Crippen LogP contribution < -0.4 is 17.1 Å². The van der Waals surface area contributed by atoms with E-state index in [1.165, 1.54) is 42.2 Å². The van der Waals surface area contributed by atoms with Crippen molar-refractivity contribution in [2.24, 2.45) is 11.6 Å². The van der Waals surface area contributed by atoms with Gasteiger partial charge in [0.25, 0.3) is 5.56 Å². The monoisotopic (exact) mass is 522 g/mol. The number of rotatable bonds is 8. The molecule has 0 amide bonds. The number of nitrogens with zero attached hydrogens (tertiary/aromatic N) is 3. The van der Waals surface area contributed by atoms with Gasteiger partial charge in [0, 0.05) is 66.7 Å². The van der Waals surface area contributed by atoms with E-state index in [2.05, 4.69) is 16.0 Å². The maximum absolute atomic E-state index is 14.2. The van der Waals surface area contributed by atoms with Crippen LogP contribution in [0.1, 0.15) is 67.7 Å². The van der Waals surface area contributed by atoms with Gasteiger partial charge in [-0.05, 0) is 74.0 Å². The smallest absolute Gasteiger partial charge is 0.279 e. The Bertz CT molecular complexity index is 1410. The second kappa shape index (κ2) is 9.54. The molecule has 0 radical (unpaired) electrons. The van der Waals surface area contributed by atoms with Crippen LogP contribution in [0.15, 0.2) is 53.7 Å². The second-order valence-electron chi connectivity index (χ2n) is 11.5. The van der Waals surface area contributed by atoms with Crippen molar-refractivity contribution in [2.45, 2.75) is 68.7 Å². The number of aromatic amines is 1. The van der Waals surface area contributed by atoms with Crippen LogP contribution in [-0.2, 0) is 12.0 Å². The van der Waals surface area contributed by atoms with E-state index in [1.807, 2.05) is 30.5 Å². The van der Waals surface area contributed by atoms with E-state index in [0.29, 0.717) is 17.1 Å². The molecule has 2 aliphatic carbocycles. The standard InChI is InChI=1S/C29H36F2N6O/c30-29(31)17-28(18-29,19-36(33)12-9-32)21-5-4-6-23(13-21)37-16-25(20-7-8-20)24-14-22(34-26(24)27(37)38)15-35-10-2-1-3-11-35/h4-6,9,12-14,16,20,34H,1-3,7-8,10-11,15,17-19,32-33H2/b12-9-. The topological polar surface area (TPSA) is 96.3 Å². The van der Waals surface area contributed by atoms with Gasteiger partial charge in [-0.3, -0.25) is 14.3 Å². The lowest BCUT2D eigenvalue weighted by molar-refractivity contribution is -0.131. The molecule has 9 heteroatoms. The molecule has 1 saturated heterocycles. The average molecular weight is 523 g/mol. The molecule has 0 unspecified atom stereocenters. The van der Waals surface area contributed by atoms with E-state index in [4.69, 9.17) is 11.6 Å². The quantitative estimate of drug-likeness (QED) is 0.300. The fourth-order valence-corrected chi connectivity index (χ4v) is 6.49. The highest BCUT2D eigenvalue weighted by molar-refractivity contribution is 5.84. The summed E-state index contributed by atoms with van der Waals surface area (Å²) in [6.07, 6.45) is 10.1. The van der Waals surface area contributed by atoms with E-state index < -0.39 is 11.3 Å². The van der Waals surface area contributed by atoms with Crippen LogP contribution >= 0.6 is 0 Å². The third-order valence-corrected chi connectivity index (χ3v) is 8.44. The van der Waals surface area contributed by atoms with E-state index in [9.17, 15) is 13.6 Å². The molecule has 6 rings (SSSR count). The minimum Gasteiger partial charge on any atom is -0.403 e. The van der Waals surface area contributed by atoms with Crippen molar-refractivity contribution >= 4 is 10.9 Å². The molecular weight excluding hydrogens is 486 g/mol. The fraction of sp³-hybridized carbons (Fsp3) is 0.483. The van der Waals surface area contributed by atoms with Crippen molar-refractivity contribution in [1.29, 1.82) is 0 Å². The summed E-state index contributed by atoms with van der Waals surface area (Å²) in [7, 11) is 0. The number of benzene rings is 1. The Hall–Kier alpha value is -3.17. The van der Waals surface area contributed by atoms with Crippen LogP contribution in [0.2, 0.25) is 0 Å². The lowest BCUT2D eigenvalue weighted by atomic mass is 9.62. The highest BCUT2D eigenvalue weighted by atomic mass is 19.3. The third-order valence-electron chi connectivity index (χ3n) is 8.44. The zero-order valence-electron chi connectivity index (χ0n) is 21.6. The number of alkyl halides is 2. The van der Waals surface area contributed by atoms with Crippen molar-refractivity contribution in [3.63, 3.8) is 0 Å². The van der Waals surface area contributed by atoms with Crippen molar-refractivity contribution in [3.05, 3.63) is 76.1 Å². The van der Waals surface area contributed by atoms with Crippen LogP contribution in [0.3, 0.4) is 0 Å². The molecule has 3 aromatic rings. The van der Waals surface area contributed by atoms with Gasteiger partial charge in [-0.2, -0.15) is 0 Å². The summed E-state index contributed by atoms with van der Waals surface area (Å²) >= 11 is 0. The Balaban J connectivity index is 1.39. The number of hydrogen-bond acceptors (Lipinski definition) is 5. The number of likely N-dealkylation sites (tertiary alicyclic amines) is 1. The number of nitrogens with one attached hydrogen (secondary N) is 1. The lowest BCUT2D eigenvalue weighted by Gasteiger charge is -2.49.